The third kappa shape index (κ3) is 4.33. The minimum absolute atomic E-state index is 0.0300. The molecule has 7 heteroatoms. The number of hydrogen-bond acceptors (Lipinski definition) is 4. The lowest BCUT2D eigenvalue weighted by atomic mass is 10.2. The quantitative estimate of drug-likeness (QED) is 0.639. The Bertz CT molecular complexity index is 841. The third-order valence-corrected chi connectivity index (χ3v) is 4.60. The van der Waals surface area contributed by atoms with E-state index in [1.165, 1.54) is 11.0 Å². The van der Waals surface area contributed by atoms with E-state index in [-0.39, 0.29) is 24.9 Å². The molecule has 0 saturated carbocycles. The maximum absolute atomic E-state index is 12.0. The Morgan fingerprint density at radius 1 is 1.32 bits per heavy atom. The fourth-order valence-electron chi connectivity index (χ4n) is 2.43. The number of carbonyl (C=O) groups is 3. The first-order valence-corrected chi connectivity index (χ1v) is 8.55. The molecule has 128 valence electrons. The molecule has 0 radical (unpaired) electrons. The average molecular weight is 355 g/mol. The summed E-state index contributed by atoms with van der Waals surface area (Å²) in [5, 5.41) is 5.26. The van der Waals surface area contributed by atoms with Crippen molar-refractivity contribution in [2.75, 3.05) is 11.9 Å². The van der Waals surface area contributed by atoms with Gasteiger partial charge in [0.25, 0.3) is 0 Å². The largest absolute Gasteiger partial charge is 0.329 e. The number of urea groups is 1. The number of benzene rings is 1. The van der Waals surface area contributed by atoms with Crippen LogP contribution in [0.5, 0.6) is 0 Å². The van der Waals surface area contributed by atoms with Crippen LogP contribution in [-0.4, -0.2) is 29.3 Å². The van der Waals surface area contributed by atoms with Gasteiger partial charge in [0.1, 0.15) is 0 Å². The smallest absolute Gasteiger partial charge is 0.324 e. The fraction of sp³-hybridized carbons (Fsp3) is 0.167. The molecular weight excluding hydrogens is 338 g/mol. The van der Waals surface area contributed by atoms with Crippen LogP contribution in [0.25, 0.3) is 6.08 Å². The SMILES string of the molecule is Cc1ccc(C=CC(=O)Nc2cccc(CN3C(=O)CNC3=O)c2)s1. The first-order chi connectivity index (χ1) is 12.0. The molecule has 0 aliphatic carbocycles. The van der Waals surface area contributed by atoms with Crippen LogP contribution in [0, 0.1) is 6.92 Å². The molecule has 1 aliphatic heterocycles. The molecule has 1 fully saturated rings. The van der Waals surface area contributed by atoms with E-state index in [4.69, 9.17) is 0 Å². The lowest BCUT2D eigenvalue weighted by Crippen LogP contribution is -2.30. The van der Waals surface area contributed by atoms with Crippen LogP contribution in [0.2, 0.25) is 0 Å². The maximum atomic E-state index is 12.0. The number of anilines is 1. The monoisotopic (exact) mass is 355 g/mol. The molecular formula is C18H17N3O3S. The Balaban J connectivity index is 1.63. The molecule has 0 spiro atoms. The zero-order chi connectivity index (χ0) is 17.8. The van der Waals surface area contributed by atoms with Gasteiger partial charge in [-0.1, -0.05) is 12.1 Å². The van der Waals surface area contributed by atoms with Gasteiger partial charge < -0.3 is 10.6 Å². The summed E-state index contributed by atoms with van der Waals surface area (Å²) in [4.78, 5) is 38.6. The summed E-state index contributed by atoms with van der Waals surface area (Å²) in [6.07, 6.45) is 3.25. The van der Waals surface area contributed by atoms with Crippen LogP contribution < -0.4 is 10.6 Å². The number of thiophene rings is 1. The molecule has 3 rings (SSSR count). The average Bonchev–Trinajstić information content (AvgIpc) is 3.13. The molecule has 1 aliphatic rings. The molecule has 2 heterocycles. The number of rotatable bonds is 5. The lowest BCUT2D eigenvalue weighted by molar-refractivity contribution is -0.125. The van der Waals surface area contributed by atoms with Crippen molar-refractivity contribution in [2.45, 2.75) is 13.5 Å². The number of amides is 4. The van der Waals surface area contributed by atoms with Gasteiger partial charge in [-0.25, -0.2) is 4.79 Å². The number of aryl methyl sites for hydroxylation is 1. The van der Waals surface area contributed by atoms with Gasteiger partial charge in [-0.05, 0) is 42.8 Å². The van der Waals surface area contributed by atoms with Crippen LogP contribution in [-0.2, 0) is 16.1 Å². The van der Waals surface area contributed by atoms with Gasteiger partial charge in [0.15, 0.2) is 0 Å². The van der Waals surface area contributed by atoms with Crippen LogP contribution in [0.1, 0.15) is 15.3 Å². The molecule has 25 heavy (non-hydrogen) atoms. The molecule has 4 amide bonds. The number of nitrogens with one attached hydrogen (secondary N) is 2. The summed E-state index contributed by atoms with van der Waals surface area (Å²) in [5.41, 5.74) is 1.38. The minimum atomic E-state index is -0.395. The van der Waals surface area contributed by atoms with Gasteiger partial charge in [-0.3, -0.25) is 14.5 Å². The summed E-state index contributed by atoms with van der Waals surface area (Å²) in [6.45, 7) is 2.22. The first kappa shape index (κ1) is 16.9. The van der Waals surface area contributed by atoms with Crippen molar-refractivity contribution in [3.8, 4) is 0 Å². The highest BCUT2D eigenvalue weighted by atomic mass is 32.1. The summed E-state index contributed by atoms with van der Waals surface area (Å²) < 4.78 is 0. The van der Waals surface area contributed by atoms with E-state index >= 15 is 0 Å². The summed E-state index contributed by atoms with van der Waals surface area (Å²) >= 11 is 1.61. The summed E-state index contributed by atoms with van der Waals surface area (Å²) in [5.74, 6) is -0.494. The predicted octanol–water partition coefficient (Wildman–Crippen LogP) is 2.76. The van der Waals surface area contributed by atoms with E-state index in [0.29, 0.717) is 5.69 Å². The Hall–Kier alpha value is -2.93. The van der Waals surface area contributed by atoms with E-state index in [9.17, 15) is 14.4 Å². The molecule has 1 aromatic carbocycles. The minimum Gasteiger partial charge on any atom is -0.329 e. The second kappa shape index (κ2) is 7.31. The van der Waals surface area contributed by atoms with Crippen molar-refractivity contribution in [1.82, 2.24) is 10.2 Å². The zero-order valence-electron chi connectivity index (χ0n) is 13.6. The predicted molar refractivity (Wildman–Crippen MR) is 97.1 cm³/mol. The van der Waals surface area contributed by atoms with E-state index in [1.807, 2.05) is 19.1 Å². The maximum Gasteiger partial charge on any atom is 0.324 e. The first-order valence-electron chi connectivity index (χ1n) is 7.74. The van der Waals surface area contributed by atoms with Crippen LogP contribution in [0.3, 0.4) is 0 Å². The zero-order valence-corrected chi connectivity index (χ0v) is 14.4. The van der Waals surface area contributed by atoms with Gasteiger partial charge in [-0.15, -0.1) is 11.3 Å². The van der Waals surface area contributed by atoms with Crippen LogP contribution in [0.15, 0.2) is 42.5 Å². The number of imide groups is 1. The normalized spacial score (nSPS) is 14.2. The molecule has 0 bridgehead atoms. The Morgan fingerprint density at radius 3 is 2.84 bits per heavy atom. The molecule has 0 atom stereocenters. The second-order valence-electron chi connectivity index (χ2n) is 5.61. The van der Waals surface area contributed by atoms with Gasteiger partial charge in [0.05, 0.1) is 13.1 Å². The van der Waals surface area contributed by atoms with Crippen LogP contribution >= 0.6 is 11.3 Å². The van der Waals surface area contributed by atoms with Crippen LogP contribution in [0.4, 0.5) is 10.5 Å². The van der Waals surface area contributed by atoms with Gasteiger partial charge >= 0.3 is 6.03 Å². The van der Waals surface area contributed by atoms with E-state index in [2.05, 4.69) is 10.6 Å². The van der Waals surface area contributed by atoms with Crippen molar-refractivity contribution in [2.24, 2.45) is 0 Å². The van der Waals surface area contributed by atoms with E-state index in [0.717, 1.165) is 15.3 Å². The van der Waals surface area contributed by atoms with E-state index in [1.54, 1.807) is 41.7 Å². The standard InChI is InChI=1S/C18H17N3O3S/c1-12-5-6-15(25-12)7-8-16(22)20-14-4-2-3-13(9-14)11-21-17(23)10-19-18(21)24/h2-9H,10-11H2,1H3,(H,19,24)(H,20,22). The van der Waals surface area contributed by atoms with Crippen molar-refractivity contribution < 1.29 is 14.4 Å². The molecule has 2 N–H and O–H groups in total. The summed E-state index contributed by atoms with van der Waals surface area (Å²) in [7, 11) is 0. The molecule has 6 nitrogen and oxygen atoms in total. The van der Waals surface area contributed by atoms with Crippen molar-refractivity contribution in [3.05, 3.63) is 57.8 Å². The van der Waals surface area contributed by atoms with Crippen molar-refractivity contribution >= 4 is 40.9 Å². The second-order valence-corrected chi connectivity index (χ2v) is 6.93. The highest BCUT2D eigenvalue weighted by molar-refractivity contribution is 7.12. The van der Waals surface area contributed by atoms with Crippen molar-refractivity contribution in [1.29, 1.82) is 0 Å². The molecule has 1 saturated heterocycles. The Labute approximate surface area is 149 Å². The fourth-order valence-corrected chi connectivity index (χ4v) is 3.21. The van der Waals surface area contributed by atoms with Crippen molar-refractivity contribution in [3.63, 3.8) is 0 Å². The number of nitrogens with zero attached hydrogens (tertiary/aromatic N) is 1. The lowest BCUT2D eigenvalue weighted by Gasteiger charge is -2.13. The Morgan fingerprint density at radius 2 is 2.16 bits per heavy atom. The highest BCUT2D eigenvalue weighted by Crippen LogP contribution is 2.17. The van der Waals surface area contributed by atoms with Gasteiger partial charge in [0, 0.05) is 21.5 Å². The molecule has 0 unspecified atom stereocenters. The van der Waals surface area contributed by atoms with E-state index < -0.39 is 6.03 Å². The topological polar surface area (TPSA) is 78.5 Å². The summed E-state index contributed by atoms with van der Waals surface area (Å²) in [6, 6.07) is 10.7. The third-order valence-electron chi connectivity index (χ3n) is 3.63. The van der Waals surface area contributed by atoms with Gasteiger partial charge in [-0.2, -0.15) is 0 Å². The number of carbonyl (C=O) groups excluding carboxylic acids is 3. The Kier molecular flexibility index (Phi) is 4.95. The molecule has 1 aromatic heterocycles. The highest BCUT2D eigenvalue weighted by Gasteiger charge is 2.28. The van der Waals surface area contributed by atoms with Gasteiger partial charge in [0.2, 0.25) is 11.8 Å². The number of hydrogen-bond donors (Lipinski definition) is 2. The molecule has 2 aromatic rings.